The third-order valence-electron chi connectivity index (χ3n) is 4.55. The summed E-state index contributed by atoms with van der Waals surface area (Å²) < 4.78 is 8.28. The first-order valence-corrected chi connectivity index (χ1v) is 10.4. The fraction of sp³-hybridized carbons (Fsp3) is 0.429. The highest BCUT2D eigenvalue weighted by molar-refractivity contribution is 7.99. The maximum atomic E-state index is 12.8. The van der Waals surface area contributed by atoms with Gasteiger partial charge in [-0.25, -0.2) is 14.8 Å². The number of aryl methyl sites for hydroxylation is 2. The second kappa shape index (κ2) is 8.02. The Morgan fingerprint density at radius 1 is 1.03 bits per heavy atom. The van der Waals surface area contributed by atoms with Crippen molar-refractivity contribution in [1.82, 2.24) is 19.1 Å². The number of nitrogens with zero attached hydrogens (tertiary/aromatic N) is 4. The summed E-state index contributed by atoms with van der Waals surface area (Å²) in [5, 5.41) is 0.937. The Bertz CT molecular complexity index is 1160. The highest BCUT2D eigenvalue weighted by Gasteiger charge is 2.23. The lowest BCUT2D eigenvalue weighted by molar-refractivity contribution is 0.344. The number of fused-ring (bicyclic) bond motifs is 1. The van der Waals surface area contributed by atoms with E-state index in [1.807, 2.05) is 52.0 Å². The summed E-state index contributed by atoms with van der Waals surface area (Å²) in [6.45, 7) is 8.50. The molecule has 2 heterocycles. The molecule has 2 aromatic heterocycles. The fourth-order valence-electron chi connectivity index (χ4n) is 2.80. The number of ether oxygens (including phenoxy) is 1. The zero-order valence-electron chi connectivity index (χ0n) is 17.6. The van der Waals surface area contributed by atoms with E-state index in [0.29, 0.717) is 34.2 Å². The summed E-state index contributed by atoms with van der Waals surface area (Å²) in [5.74, 6) is 2.00. The van der Waals surface area contributed by atoms with Crippen molar-refractivity contribution in [2.24, 2.45) is 14.1 Å². The highest BCUT2D eigenvalue weighted by atomic mass is 32.2. The normalized spacial score (nSPS) is 11.8. The molecule has 0 saturated heterocycles. The van der Waals surface area contributed by atoms with Crippen molar-refractivity contribution in [3.8, 4) is 5.75 Å². The van der Waals surface area contributed by atoms with Gasteiger partial charge in [-0.15, -0.1) is 11.8 Å². The maximum Gasteiger partial charge on any atom is 0.332 e. The van der Waals surface area contributed by atoms with Crippen LogP contribution in [0.2, 0.25) is 0 Å². The van der Waals surface area contributed by atoms with E-state index in [9.17, 15) is 9.59 Å². The van der Waals surface area contributed by atoms with Gasteiger partial charge in [-0.3, -0.25) is 13.9 Å². The Morgan fingerprint density at radius 2 is 1.69 bits per heavy atom. The van der Waals surface area contributed by atoms with Crippen molar-refractivity contribution >= 4 is 22.8 Å². The van der Waals surface area contributed by atoms with Crippen LogP contribution in [0.4, 0.5) is 0 Å². The summed E-state index contributed by atoms with van der Waals surface area (Å²) in [7, 11) is 3.09. The van der Waals surface area contributed by atoms with Crippen molar-refractivity contribution in [3.05, 3.63) is 56.5 Å². The monoisotopic (exact) mass is 414 g/mol. The molecule has 0 amide bonds. The van der Waals surface area contributed by atoms with Crippen molar-refractivity contribution in [1.29, 1.82) is 0 Å². The van der Waals surface area contributed by atoms with E-state index in [1.54, 1.807) is 7.05 Å². The largest absolute Gasteiger partial charge is 0.493 e. The van der Waals surface area contributed by atoms with E-state index in [1.165, 1.54) is 28.9 Å². The minimum atomic E-state index is -0.403. The molecule has 0 aliphatic rings. The SMILES string of the molecule is Cc1ccc(OCCSc2nc(C(C)(C)C)nc3c2c(=O)n(C)c(=O)n3C)cc1. The Balaban J connectivity index is 1.95. The molecule has 7 nitrogen and oxygen atoms in total. The maximum absolute atomic E-state index is 12.8. The Kier molecular flexibility index (Phi) is 5.84. The number of benzene rings is 1. The Morgan fingerprint density at radius 3 is 2.31 bits per heavy atom. The number of thioether (sulfide) groups is 1. The summed E-state index contributed by atoms with van der Waals surface area (Å²) >= 11 is 1.44. The average Bonchev–Trinajstić information content (AvgIpc) is 2.68. The molecule has 0 aliphatic heterocycles. The van der Waals surface area contributed by atoms with E-state index in [-0.39, 0.29) is 11.0 Å². The van der Waals surface area contributed by atoms with E-state index in [0.717, 1.165) is 10.3 Å². The molecular formula is C21H26N4O3S. The van der Waals surface area contributed by atoms with Gasteiger partial charge in [-0.1, -0.05) is 38.5 Å². The fourth-order valence-corrected chi connectivity index (χ4v) is 3.64. The smallest absolute Gasteiger partial charge is 0.332 e. The van der Waals surface area contributed by atoms with Crippen LogP contribution in [0.25, 0.3) is 11.0 Å². The molecule has 0 spiro atoms. The van der Waals surface area contributed by atoms with Crippen LogP contribution < -0.4 is 16.0 Å². The molecule has 0 atom stereocenters. The van der Waals surface area contributed by atoms with Gasteiger partial charge in [-0.2, -0.15) is 0 Å². The van der Waals surface area contributed by atoms with Gasteiger partial charge in [-0.05, 0) is 19.1 Å². The van der Waals surface area contributed by atoms with Gasteiger partial charge in [0, 0.05) is 25.3 Å². The van der Waals surface area contributed by atoms with Crippen molar-refractivity contribution < 1.29 is 4.74 Å². The lowest BCUT2D eigenvalue weighted by Crippen LogP contribution is -2.38. The molecule has 8 heteroatoms. The topological polar surface area (TPSA) is 79.0 Å². The molecule has 29 heavy (non-hydrogen) atoms. The first kappa shape index (κ1) is 21.1. The van der Waals surface area contributed by atoms with E-state index in [2.05, 4.69) is 9.97 Å². The van der Waals surface area contributed by atoms with Gasteiger partial charge in [0.2, 0.25) is 0 Å². The first-order chi connectivity index (χ1) is 13.6. The predicted octanol–water partition coefficient (Wildman–Crippen LogP) is 2.80. The van der Waals surface area contributed by atoms with Crippen LogP contribution in [0.3, 0.4) is 0 Å². The number of hydrogen-bond acceptors (Lipinski definition) is 6. The number of aromatic nitrogens is 4. The Labute approximate surface area is 173 Å². The first-order valence-electron chi connectivity index (χ1n) is 9.40. The molecular weight excluding hydrogens is 388 g/mol. The molecule has 0 bridgehead atoms. The van der Waals surface area contributed by atoms with E-state index in [4.69, 9.17) is 4.74 Å². The second-order valence-electron chi connectivity index (χ2n) is 8.02. The van der Waals surface area contributed by atoms with Crippen LogP contribution in [-0.2, 0) is 19.5 Å². The third-order valence-corrected chi connectivity index (χ3v) is 5.49. The molecule has 0 saturated carbocycles. The zero-order valence-corrected chi connectivity index (χ0v) is 18.5. The van der Waals surface area contributed by atoms with Gasteiger partial charge in [0.15, 0.2) is 5.65 Å². The van der Waals surface area contributed by atoms with Crippen LogP contribution in [0.15, 0.2) is 38.9 Å². The van der Waals surface area contributed by atoms with Crippen molar-refractivity contribution in [2.45, 2.75) is 38.1 Å². The quantitative estimate of drug-likeness (QED) is 0.363. The molecule has 0 fully saturated rings. The van der Waals surface area contributed by atoms with Crippen molar-refractivity contribution in [3.63, 3.8) is 0 Å². The lowest BCUT2D eigenvalue weighted by Gasteiger charge is -2.19. The molecule has 0 N–H and O–H groups in total. The van der Waals surface area contributed by atoms with Crippen molar-refractivity contribution in [2.75, 3.05) is 12.4 Å². The number of rotatable bonds is 5. The zero-order chi connectivity index (χ0) is 21.3. The van der Waals surface area contributed by atoms with Crippen LogP contribution in [0.1, 0.15) is 32.2 Å². The standard InChI is InChI=1S/C21H26N4O3S/c1-13-7-9-14(10-8-13)28-11-12-29-17-15-16(22-19(23-17)21(2,3)4)24(5)20(27)25(6)18(15)26/h7-10H,11-12H2,1-6H3. The molecule has 3 aromatic rings. The molecule has 0 radical (unpaired) electrons. The minimum absolute atomic E-state index is 0.320. The third kappa shape index (κ3) is 4.37. The van der Waals surface area contributed by atoms with Gasteiger partial charge < -0.3 is 4.74 Å². The van der Waals surface area contributed by atoms with Gasteiger partial charge >= 0.3 is 5.69 Å². The van der Waals surface area contributed by atoms with Gasteiger partial charge in [0.1, 0.15) is 22.0 Å². The lowest BCUT2D eigenvalue weighted by atomic mass is 9.96. The molecule has 0 unspecified atom stereocenters. The van der Waals surface area contributed by atoms with E-state index < -0.39 is 5.69 Å². The van der Waals surface area contributed by atoms with Crippen LogP contribution in [0, 0.1) is 6.92 Å². The van der Waals surface area contributed by atoms with E-state index >= 15 is 0 Å². The summed E-state index contributed by atoms with van der Waals surface area (Å²) in [6, 6.07) is 7.87. The molecule has 0 aliphatic carbocycles. The summed E-state index contributed by atoms with van der Waals surface area (Å²) in [5.41, 5.74) is 0.430. The number of hydrogen-bond donors (Lipinski definition) is 0. The predicted molar refractivity (Wildman–Crippen MR) is 116 cm³/mol. The molecule has 3 rings (SSSR count). The van der Waals surface area contributed by atoms with Crippen LogP contribution in [-0.4, -0.2) is 31.5 Å². The van der Waals surface area contributed by atoms with Gasteiger partial charge in [0.25, 0.3) is 5.56 Å². The molecule has 1 aromatic carbocycles. The Hall–Kier alpha value is -2.61. The van der Waals surface area contributed by atoms with Crippen LogP contribution in [0.5, 0.6) is 5.75 Å². The van der Waals surface area contributed by atoms with Gasteiger partial charge in [0.05, 0.1) is 6.61 Å². The highest BCUT2D eigenvalue weighted by Crippen LogP contribution is 2.27. The second-order valence-corrected chi connectivity index (χ2v) is 9.10. The average molecular weight is 415 g/mol. The summed E-state index contributed by atoms with van der Waals surface area (Å²) in [4.78, 5) is 34.4. The summed E-state index contributed by atoms with van der Waals surface area (Å²) in [6.07, 6.45) is 0. The molecule has 154 valence electrons. The van der Waals surface area contributed by atoms with Crippen LogP contribution >= 0.6 is 11.8 Å². The minimum Gasteiger partial charge on any atom is -0.493 e.